The number of nitrogens with one attached hydrogen (secondary N) is 1. The summed E-state index contributed by atoms with van der Waals surface area (Å²) in [6.45, 7) is 0.618. The molecule has 0 aliphatic heterocycles. The van der Waals surface area contributed by atoms with Gasteiger partial charge in [-0.2, -0.15) is 0 Å². The van der Waals surface area contributed by atoms with E-state index in [1.807, 2.05) is 42.5 Å². The second-order valence-corrected chi connectivity index (χ2v) is 4.07. The van der Waals surface area contributed by atoms with Crippen LogP contribution in [0.4, 0.5) is 17.1 Å². The van der Waals surface area contributed by atoms with Gasteiger partial charge in [0, 0.05) is 29.2 Å². The molecule has 0 amide bonds. The van der Waals surface area contributed by atoms with E-state index in [0.717, 1.165) is 22.5 Å². The number of nitrogens with two attached hydrogens (primary N) is 2. The van der Waals surface area contributed by atoms with Gasteiger partial charge in [-0.1, -0.05) is 12.1 Å². The molecule has 0 fully saturated rings. The number of aliphatic hydroxyl groups is 1. The summed E-state index contributed by atoms with van der Waals surface area (Å²) in [4.78, 5) is 0. The Morgan fingerprint density at radius 2 is 1.72 bits per heavy atom. The number of nitrogen functional groups attached to an aromatic ring is 2. The minimum absolute atomic E-state index is 0.0988. The first-order valence-electron chi connectivity index (χ1n) is 5.81. The SMILES string of the molecule is Nc1ccc(-c2cc(NCCO)ccc2N)cc1. The Hall–Kier alpha value is -2.20. The summed E-state index contributed by atoms with van der Waals surface area (Å²) in [7, 11) is 0. The molecule has 4 nitrogen and oxygen atoms in total. The summed E-state index contributed by atoms with van der Waals surface area (Å²) < 4.78 is 0. The van der Waals surface area contributed by atoms with Gasteiger partial charge in [-0.05, 0) is 35.9 Å². The predicted molar refractivity (Wildman–Crippen MR) is 76.3 cm³/mol. The van der Waals surface area contributed by atoms with Crippen LogP contribution in [0.15, 0.2) is 42.5 Å². The van der Waals surface area contributed by atoms with Gasteiger partial charge in [-0.3, -0.25) is 0 Å². The van der Waals surface area contributed by atoms with Crippen LogP contribution >= 0.6 is 0 Å². The molecule has 0 heterocycles. The van der Waals surface area contributed by atoms with E-state index < -0.39 is 0 Å². The van der Waals surface area contributed by atoms with E-state index in [-0.39, 0.29) is 6.61 Å². The normalized spacial score (nSPS) is 10.3. The van der Waals surface area contributed by atoms with Crippen molar-refractivity contribution < 1.29 is 5.11 Å². The summed E-state index contributed by atoms with van der Waals surface area (Å²) >= 11 is 0. The first kappa shape index (κ1) is 12.3. The van der Waals surface area contributed by atoms with Gasteiger partial charge in [0.25, 0.3) is 0 Å². The third-order valence-electron chi connectivity index (χ3n) is 2.72. The Morgan fingerprint density at radius 3 is 2.39 bits per heavy atom. The van der Waals surface area contributed by atoms with E-state index >= 15 is 0 Å². The van der Waals surface area contributed by atoms with Crippen LogP contribution in [-0.2, 0) is 0 Å². The quantitative estimate of drug-likeness (QED) is 0.618. The zero-order valence-electron chi connectivity index (χ0n) is 10.1. The maximum absolute atomic E-state index is 8.80. The highest BCUT2D eigenvalue weighted by Gasteiger charge is 2.04. The predicted octanol–water partition coefficient (Wildman–Crippen LogP) is 1.92. The molecule has 94 valence electrons. The van der Waals surface area contributed by atoms with Gasteiger partial charge < -0.3 is 21.9 Å². The van der Waals surface area contributed by atoms with Crippen LogP contribution in [0.25, 0.3) is 11.1 Å². The van der Waals surface area contributed by atoms with Crippen molar-refractivity contribution in [3.63, 3.8) is 0 Å². The van der Waals surface area contributed by atoms with Crippen molar-refractivity contribution in [2.45, 2.75) is 0 Å². The second kappa shape index (κ2) is 5.42. The minimum atomic E-state index is 0.0988. The highest BCUT2D eigenvalue weighted by atomic mass is 16.3. The smallest absolute Gasteiger partial charge is 0.0604 e. The van der Waals surface area contributed by atoms with Crippen molar-refractivity contribution in [3.8, 4) is 11.1 Å². The van der Waals surface area contributed by atoms with E-state index in [0.29, 0.717) is 12.2 Å². The fourth-order valence-corrected chi connectivity index (χ4v) is 1.78. The fraction of sp³-hybridized carbons (Fsp3) is 0.143. The molecule has 0 bridgehead atoms. The van der Waals surface area contributed by atoms with Crippen molar-refractivity contribution in [1.82, 2.24) is 0 Å². The van der Waals surface area contributed by atoms with Gasteiger partial charge in [0.05, 0.1) is 6.61 Å². The standard InChI is InChI=1S/C14H17N3O/c15-11-3-1-10(2-4-11)13-9-12(17-7-8-18)5-6-14(13)16/h1-6,9,17-18H,7-8,15-16H2. The van der Waals surface area contributed by atoms with Gasteiger partial charge in [0.15, 0.2) is 0 Å². The summed E-state index contributed by atoms with van der Waals surface area (Å²) in [6, 6.07) is 13.3. The number of benzene rings is 2. The lowest BCUT2D eigenvalue weighted by atomic mass is 10.0. The van der Waals surface area contributed by atoms with E-state index in [1.165, 1.54) is 0 Å². The largest absolute Gasteiger partial charge is 0.399 e. The molecule has 2 rings (SSSR count). The third-order valence-corrected chi connectivity index (χ3v) is 2.72. The van der Waals surface area contributed by atoms with Crippen molar-refractivity contribution in [3.05, 3.63) is 42.5 Å². The average molecular weight is 243 g/mol. The topological polar surface area (TPSA) is 84.3 Å². The van der Waals surface area contributed by atoms with Crippen LogP contribution in [0.2, 0.25) is 0 Å². The summed E-state index contributed by atoms with van der Waals surface area (Å²) in [5.41, 5.74) is 16.0. The van der Waals surface area contributed by atoms with Crippen molar-refractivity contribution >= 4 is 17.1 Å². The molecule has 0 radical (unpaired) electrons. The van der Waals surface area contributed by atoms with Crippen LogP contribution in [0.5, 0.6) is 0 Å². The molecule has 0 aliphatic carbocycles. The Bertz CT molecular complexity index is 523. The van der Waals surface area contributed by atoms with E-state index in [4.69, 9.17) is 16.6 Å². The van der Waals surface area contributed by atoms with E-state index in [9.17, 15) is 0 Å². The number of rotatable bonds is 4. The lowest BCUT2D eigenvalue weighted by molar-refractivity contribution is 0.311. The molecule has 0 saturated heterocycles. The zero-order chi connectivity index (χ0) is 13.0. The third kappa shape index (κ3) is 2.73. The molecule has 2 aromatic carbocycles. The minimum Gasteiger partial charge on any atom is -0.399 e. The molecule has 0 atom stereocenters. The number of anilines is 3. The van der Waals surface area contributed by atoms with E-state index in [1.54, 1.807) is 0 Å². The number of aliphatic hydroxyl groups excluding tert-OH is 1. The van der Waals surface area contributed by atoms with Crippen LogP contribution in [0.3, 0.4) is 0 Å². The van der Waals surface area contributed by atoms with Gasteiger partial charge in [-0.25, -0.2) is 0 Å². The lowest BCUT2D eigenvalue weighted by Gasteiger charge is -2.10. The highest BCUT2D eigenvalue weighted by molar-refractivity contribution is 5.80. The van der Waals surface area contributed by atoms with Crippen LogP contribution in [0.1, 0.15) is 0 Å². The number of hydrogen-bond acceptors (Lipinski definition) is 4. The molecule has 4 heteroatoms. The summed E-state index contributed by atoms with van der Waals surface area (Å²) in [6.07, 6.45) is 0. The Labute approximate surface area is 106 Å². The molecule has 0 unspecified atom stereocenters. The maximum atomic E-state index is 8.80. The molecule has 18 heavy (non-hydrogen) atoms. The summed E-state index contributed by atoms with van der Waals surface area (Å²) in [5, 5.41) is 11.9. The van der Waals surface area contributed by atoms with Crippen LogP contribution in [0, 0.1) is 0 Å². The van der Waals surface area contributed by atoms with Gasteiger partial charge in [-0.15, -0.1) is 0 Å². The lowest BCUT2D eigenvalue weighted by Crippen LogP contribution is -2.05. The molecule has 2 aromatic rings. The van der Waals surface area contributed by atoms with E-state index in [2.05, 4.69) is 5.32 Å². The first-order chi connectivity index (χ1) is 8.70. The molecular weight excluding hydrogens is 226 g/mol. The molecule has 6 N–H and O–H groups in total. The van der Waals surface area contributed by atoms with Crippen molar-refractivity contribution in [2.24, 2.45) is 0 Å². The van der Waals surface area contributed by atoms with Crippen molar-refractivity contribution in [1.29, 1.82) is 0 Å². The fourth-order valence-electron chi connectivity index (χ4n) is 1.78. The van der Waals surface area contributed by atoms with Gasteiger partial charge in [0.2, 0.25) is 0 Å². The molecule has 0 spiro atoms. The van der Waals surface area contributed by atoms with Crippen LogP contribution < -0.4 is 16.8 Å². The molecular formula is C14H17N3O. The van der Waals surface area contributed by atoms with Gasteiger partial charge in [0.1, 0.15) is 0 Å². The average Bonchev–Trinajstić information content (AvgIpc) is 2.39. The Balaban J connectivity index is 2.33. The Kier molecular flexibility index (Phi) is 3.69. The van der Waals surface area contributed by atoms with Crippen molar-refractivity contribution in [2.75, 3.05) is 29.9 Å². The molecule has 0 saturated carbocycles. The molecule has 0 aliphatic rings. The van der Waals surface area contributed by atoms with Crippen LogP contribution in [-0.4, -0.2) is 18.3 Å². The summed E-state index contributed by atoms with van der Waals surface area (Å²) in [5.74, 6) is 0. The molecule has 0 aromatic heterocycles. The second-order valence-electron chi connectivity index (χ2n) is 4.07. The maximum Gasteiger partial charge on any atom is 0.0604 e. The highest BCUT2D eigenvalue weighted by Crippen LogP contribution is 2.29. The number of hydrogen-bond donors (Lipinski definition) is 4. The van der Waals surface area contributed by atoms with Gasteiger partial charge >= 0.3 is 0 Å². The zero-order valence-corrected chi connectivity index (χ0v) is 10.1. The first-order valence-corrected chi connectivity index (χ1v) is 5.81. The monoisotopic (exact) mass is 243 g/mol. The Morgan fingerprint density at radius 1 is 1.00 bits per heavy atom.